The summed E-state index contributed by atoms with van der Waals surface area (Å²) in [6.45, 7) is 3.24. The number of hydrogen-bond acceptors (Lipinski definition) is 7. The van der Waals surface area contributed by atoms with Gasteiger partial charge < -0.3 is 20.1 Å². The van der Waals surface area contributed by atoms with Crippen LogP contribution in [0, 0.1) is 25.5 Å². The molecule has 184 valence electrons. The van der Waals surface area contributed by atoms with Gasteiger partial charge in [0.05, 0.1) is 12.2 Å². The van der Waals surface area contributed by atoms with E-state index in [1.807, 2.05) is 0 Å². The molecule has 0 saturated heterocycles. The Morgan fingerprint density at radius 1 is 1.08 bits per heavy atom. The zero-order valence-corrected chi connectivity index (χ0v) is 22.4. The maximum Gasteiger partial charge on any atom is 1.00 e. The molecule has 2 aromatic carbocycles. The molecule has 3 aromatic rings. The van der Waals surface area contributed by atoms with Gasteiger partial charge in [-0.1, -0.05) is 24.3 Å². The standard InChI is InChI=1S/C25H26F2N4O4.Na/c1-14-10-16(4-8-21(14)26)24(17-5-9-22(27)15(2)11-17)20(25-28-29-30-31(25)3)7-6-18(32)12-19(33)13-23(34)35;/h4-11,18-19,32-33H,12-13H2,1-3H3,(H,34,35);/q;+1/p-1/b7-6+;/t18-,19-;/m1./s1. The molecule has 0 bridgehead atoms. The Hall–Kier alpha value is -2.76. The summed E-state index contributed by atoms with van der Waals surface area (Å²) in [4.78, 5) is 10.7. The molecule has 0 radical (unpaired) electrons. The second-order valence-corrected chi connectivity index (χ2v) is 8.23. The van der Waals surface area contributed by atoms with Crippen molar-refractivity contribution in [3.05, 3.63) is 88.3 Å². The number of carbonyl (C=O) groups is 1. The summed E-state index contributed by atoms with van der Waals surface area (Å²) >= 11 is 0. The van der Waals surface area contributed by atoms with Crippen LogP contribution in [0.15, 0.2) is 48.6 Å². The fourth-order valence-electron chi connectivity index (χ4n) is 3.65. The summed E-state index contributed by atoms with van der Waals surface area (Å²) in [7, 11) is 1.62. The number of hydrogen-bond donors (Lipinski definition) is 2. The summed E-state index contributed by atoms with van der Waals surface area (Å²) < 4.78 is 29.5. The SMILES string of the molecule is Cc1cc(C(=C(/C=C/[C@@H](O)C[C@@H](O)CC(=O)[O-])c2nnnn2C)c2ccc(F)c(C)c2)ccc1F.[Na+]. The minimum Gasteiger partial charge on any atom is -0.550 e. The van der Waals surface area contributed by atoms with Gasteiger partial charge in [0.1, 0.15) is 11.6 Å². The molecule has 2 N–H and O–H groups in total. The van der Waals surface area contributed by atoms with Crippen molar-refractivity contribution in [1.29, 1.82) is 0 Å². The van der Waals surface area contributed by atoms with E-state index in [-0.39, 0.29) is 36.0 Å². The number of nitrogens with zero attached hydrogens (tertiary/aromatic N) is 4. The van der Waals surface area contributed by atoms with Crippen LogP contribution in [0.1, 0.15) is 40.9 Å². The van der Waals surface area contributed by atoms with Gasteiger partial charge in [-0.3, -0.25) is 0 Å². The topological polar surface area (TPSA) is 124 Å². The van der Waals surface area contributed by atoms with Crippen LogP contribution in [0.2, 0.25) is 0 Å². The smallest absolute Gasteiger partial charge is 0.550 e. The first-order valence-corrected chi connectivity index (χ1v) is 10.8. The van der Waals surface area contributed by atoms with Gasteiger partial charge in [-0.05, 0) is 76.4 Å². The van der Waals surface area contributed by atoms with E-state index in [0.29, 0.717) is 39.2 Å². The zero-order chi connectivity index (χ0) is 25.7. The van der Waals surface area contributed by atoms with Gasteiger partial charge in [-0.25, -0.2) is 13.5 Å². The Bertz CT molecular complexity index is 1240. The van der Waals surface area contributed by atoms with Crippen molar-refractivity contribution in [2.24, 2.45) is 7.05 Å². The average Bonchev–Trinajstić information content (AvgIpc) is 3.20. The molecule has 0 aliphatic heterocycles. The number of aliphatic hydroxyl groups excluding tert-OH is 2. The second kappa shape index (κ2) is 13.0. The number of aliphatic carboxylic acids is 1. The van der Waals surface area contributed by atoms with Crippen LogP contribution in [0.3, 0.4) is 0 Å². The molecule has 0 unspecified atom stereocenters. The number of benzene rings is 2. The predicted molar refractivity (Wildman–Crippen MR) is 122 cm³/mol. The molecule has 0 aliphatic carbocycles. The number of halogens is 2. The van der Waals surface area contributed by atoms with E-state index in [9.17, 15) is 28.9 Å². The fourth-order valence-corrected chi connectivity index (χ4v) is 3.65. The second-order valence-electron chi connectivity index (χ2n) is 8.23. The van der Waals surface area contributed by atoms with Crippen molar-refractivity contribution < 1.29 is 58.5 Å². The predicted octanol–water partition coefficient (Wildman–Crippen LogP) is -1.12. The number of carbonyl (C=O) groups excluding carboxylic acids is 1. The Morgan fingerprint density at radius 2 is 1.64 bits per heavy atom. The van der Waals surface area contributed by atoms with Crippen molar-refractivity contribution in [2.45, 2.75) is 38.9 Å². The largest absolute Gasteiger partial charge is 1.00 e. The maximum atomic E-state index is 14.1. The molecule has 0 aliphatic rings. The molecule has 8 nitrogen and oxygen atoms in total. The number of rotatable bonds is 9. The molecule has 0 spiro atoms. The van der Waals surface area contributed by atoms with Crippen LogP contribution in [0.25, 0.3) is 11.1 Å². The maximum absolute atomic E-state index is 14.1. The van der Waals surface area contributed by atoms with E-state index in [4.69, 9.17) is 0 Å². The minimum absolute atomic E-state index is 0. The van der Waals surface area contributed by atoms with Gasteiger partial charge >= 0.3 is 29.6 Å². The molecule has 1 heterocycles. The van der Waals surface area contributed by atoms with E-state index in [2.05, 4.69) is 15.5 Å². The average molecular weight is 506 g/mol. The van der Waals surface area contributed by atoms with Crippen LogP contribution < -0.4 is 34.7 Å². The Morgan fingerprint density at radius 3 is 2.08 bits per heavy atom. The van der Waals surface area contributed by atoms with Crippen LogP contribution in [0.4, 0.5) is 8.78 Å². The zero-order valence-electron chi connectivity index (χ0n) is 20.4. The molecular formula is C25H25F2N4NaO4. The molecule has 36 heavy (non-hydrogen) atoms. The van der Waals surface area contributed by atoms with Gasteiger partial charge in [-0.15, -0.1) is 5.10 Å². The molecule has 11 heteroatoms. The van der Waals surface area contributed by atoms with Crippen molar-refractivity contribution in [2.75, 3.05) is 0 Å². The van der Waals surface area contributed by atoms with Gasteiger partial charge in [0.25, 0.3) is 0 Å². The Kier molecular flexibility index (Phi) is 10.6. The molecule has 3 rings (SSSR count). The monoisotopic (exact) mass is 506 g/mol. The van der Waals surface area contributed by atoms with Gasteiger partial charge in [0, 0.05) is 31.4 Å². The fraction of sp³-hybridized carbons (Fsp3) is 0.280. The first-order chi connectivity index (χ1) is 16.6. The molecule has 1 aromatic heterocycles. The van der Waals surface area contributed by atoms with E-state index >= 15 is 0 Å². The molecular weight excluding hydrogens is 481 g/mol. The number of aliphatic hydroxyl groups is 2. The molecule has 2 atom stereocenters. The third-order valence-electron chi connectivity index (χ3n) is 5.42. The molecule has 0 saturated carbocycles. The van der Waals surface area contributed by atoms with Crippen LogP contribution in [0.5, 0.6) is 0 Å². The third kappa shape index (κ3) is 7.37. The van der Waals surface area contributed by atoms with Crippen molar-refractivity contribution in [3.63, 3.8) is 0 Å². The number of carboxylic acids is 1. The summed E-state index contributed by atoms with van der Waals surface area (Å²) in [5.74, 6) is -1.90. The first kappa shape index (κ1) is 29.5. The summed E-state index contributed by atoms with van der Waals surface area (Å²) in [5, 5.41) is 42.5. The first-order valence-electron chi connectivity index (χ1n) is 10.8. The van der Waals surface area contributed by atoms with E-state index < -0.39 is 36.2 Å². The van der Waals surface area contributed by atoms with Gasteiger partial charge in [0.15, 0.2) is 5.82 Å². The Labute approximate surface area is 229 Å². The van der Waals surface area contributed by atoms with E-state index in [1.165, 1.54) is 29.0 Å². The summed E-state index contributed by atoms with van der Waals surface area (Å²) in [6, 6.07) is 9.08. The van der Waals surface area contributed by atoms with Crippen LogP contribution in [-0.4, -0.2) is 48.6 Å². The summed E-state index contributed by atoms with van der Waals surface area (Å²) in [5.41, 5.74) is 2.97. The number of aromatic nitrogens is 4. The number of carboxylic acid groups (broad SMARTS) is 1. The van der Waals surface area contributed by atoms with Crippen LogP contribution in [-0.2, 0) is 11.8 Å². The molecule has 0 fully saturated rings. The number of allylic oxidation sites excluding steroid dienone is 2. The van der Waals surface area contributed by atoms with E-state index in [1.54, 1.807) is 45.2 Å². The number of tetrazole rings is 1. The van der Waals surface area contributed by atoms with Crippen molar-refractivity contribution >= 4 is 17.1 Å². The van der Waals surface area contributed by atoms with Crippen LogP contribution >= 0.6 is 0 Å². The van der Waals surface area contributed by atoms with Crippen molar-refractivity contribution in [1.82, 2.24) is 20.2 Å². The Balaban J connectivity index is 0.00000456. The van der Waals surface area contributed by atoms with Crippen molar-refractivity contribution in [3.8, 4) is 0 Å². The van der Waals surface area contributed by atoms with Gasteiger partial charge in [0.2, 0.25) is 0 Å². The minimum atomic E-state index is -1.43. The quantitative estimate of drug-likeness (QED) is 0.278. The third-order valence-corrected chi connectivity index (χ3v) is 5.42. The van der Waals surface area contributed by atoms with Gasteiger partial charge in [-0.2, -0.15) is 0 Å². The van der Waals surface area contributed by atoms with E-state index in [0.717, 1.165) is 0 Å². The normalized spacial score (nSPS) is 12.8. The summed E-state index contributed by atoms with van der Waals surface area (Å²) in [6.07, 6.45) is -0.454. The number of aryl methyl sites for hydroxylation is 3. The molecule has 0 amide bonds.